The second kappa shape index (κ2) is 13.3. The van der Waals surface area contributed by atoms with Crippen LogP contribution in [0.2, 0.25) is 0 Å². The minimum Gasteiger partial charge on any atom is -0.326 e. The fourth-order valence-electron chi connectivity index (χ4n) is 3.87. The summed E-state index contributed by atoms with van der Waals surface area (Å²) in [7, 11) is 0. The number of aromatic nitrogens is 1. The van der Waals surface area contributed by atoms with Gasteiger partial charge in [0.15, 0.2) is 0 Å². The van der Waals surface area contributed by atoms with Crippen molar-refractivity contribution in [2.75, 3.05) is 5.32 Å². The van der Waals surface area contributed by atoms with Crippen LogP contribution in [0.4, 0.5) is 5.69 Å². The molecule has 2 aromatic carbocycles. The highest BCUT2D eigenvalue weighted by Gasteiger charge is 2.20. The van der Waals surface area contributed by atoms with E-state index in [1.807, 2.05) is 37.3 Å². The van der Waals surface area contributed by atoms with Gasteiger partial charge < -0.3 is 11.1 Å². The van der Waals surface area contributed by atoms with E-state index in [1.54, 1.807) is 0 Å². The van der Waals surface area contributed by atoms with Gasteiger partial charge in [0.2, 0.25) is 5.91 Å². The van der Waals surface area contributed by atoms with Crippen LogP contribution in [0.1, 0.15) is 48.3 Å². The van der Waals surface area contributed by atoms with E-state index in [2.05, 4.69) is 50.4 Å². The summed E-state index contributed by atoms with van der Waals surface area (Å²) in [5.41, 5.74) is 14.3. The van der Waals surface area contributed by atoms with E-state index >= 15 is 0 Å². The number of nitrogens with zero attached hydrogens (tertiary/aromatic N) is 1. The summed E-state index contributed by atoms with van der Waals surface area (Å²) in [6, 6.07) is 18.5. The second-order valence-corrected chi connectivity index (χ2v) is 8.57. The highest BCUT2D eigenvalue weighted by molar-refractivity contribution is 5.97. The number of pyridine rings is 1. The molecule has 0 aliphatic heterocycles. The SMILES string of the molecule is Cc1ccc(-c2c(CN)c(CC(C)C)nc(C)c2NC(=O)CCc2ccccc2)cc1.Cl.Cl. The number of carbonyl (C=O) groups is 1. The number of nitrogens with one attached hydrogen (secondary N) is 1. The van der Waals surface area contributed by atoms with Gasteiger partial charge in [0.05, 0.1) is 11.4 Å². The quantitative estimate of drug-likeness (QED) is 0.384. The number of nitrogens with two attached hydrogens (primary N) is 1. The summed E-state index contributed by atoms with van der Waals surface area (Å²) in [6.07, 6.45) is 1.98. The molecule has 4 nitrogen and oxygen atoms in total. The standard InChI is InChI=1S/C27H33N3O.2ClH/c1-18(2)16-24-23(17-28)26(22-13-10-19(3)11-14-22)27(20(4)29-24)30-25(31)15-12-21-8-6-5-7-9-21;;/h5-11,13-14,18H,12,15-17,28H2,1-4H3,(H,30,31);2*1H. The topological polar surface area (TPSA) is 68.0 Å². The predicted octanol–water partition coefficient (Wildman–Crippen LogP) is 6.44. The first kappa shape index (κ1) is 28.6. The summed E-state index contributed by atoms with van der Waals surface area (Å²) in [6.45, 7) is 8.78. The molecule has 178 valence electrons. The number of benzene rings is 2. The van der Waals surface area contributed by atoms with Crippen LogP contribution in [0, 0.1) is 19.8 Å². The van der Waals surface area contributed by atoms with Crippen LogP contribution in [0.3, 0.4) is 0 Å². The minimum atomic E-state index is -0.0123. The summed E-state index contributed by atoms with van der Waals surface area (Å²) < 4.78 is 0. The Morgan fingerprint density at radius 2 is 1.64 bits per heavy atom. The van der Waals surface area contributed by atoms with Crippen LogP contribution >= 0.6 is 24.8 Å². The molecule has 33 heavy (non-hydrogen) atoms. The molecule has 0 aliphatic rings. The Hall–Kier alpha value is -2.40. The molecule has 0 saturated heterocycles. The minimum absolute atomic E-state index is 0. The smallest absolute Gasteiger partial charge is 0.224 e. The van der Waals surface area contributed by atoms with Gasteiger partial charge in [0.1, 0.15) is 0 Å². The Morgan fingerprint density at radius 1 is 1.00 bits per heavy atom. The summed E-state index contributed by atoms with van der Waals surface area (Å²) in [5, 5.41) is 3.16. The van der Waals surface area contributed by atoms with Crippen LogP contribution in [0.5, 0.6) is 0 Å². The zero-order valence-corrected chi connectivity index (χ0v) is 21.5. The lowest BCUT2D eigenvalue weighted by Crippen LogP contribution is -2.18. The Labute approximate surface area is 210 Å². The van der Waals surface area contributed by atoms with Gasteiger partial charge in [-0.3, -0.25) is 9.78 Å². The summed E-state index contributed by atoms with van der Waals surface area (Å²) in [5.74, 6) is 0.455. The molecule has 0 aliphatic carbocycles. The van der Waals surface area contributed by atoms with Crippen LogP contribution < -0.4 is 11.1 Å². The Bertz CT molecular complexity index is 1040. The molecule has 0 fully saturated rings. The number of amides is 1. The van der Waals surface area contributed by atoms with Crippen LogP contribution in [0.25, 0.3) is 11.1 Å². The highest BCUT2D eigenvalue weighted by Crippen LogP contribution is 2.36. The van der Waals surface area contributed by atoms with E-state index in [9.17, 15) is 4.79 Å². The molecule has 6 heteroatoms. The van der Waals surface area contributed by atoms with E-state index in [4.69, 9.17) is 10.7 Å². The van der Waals surface area contributed by atoms with Crippen LogP contribution in [0.15, 0.2) is 54.6 Å². The number of hydrogen-bond acceptors (Lipinski definition) is 3. The number of halogens is 2. The molecule has 1 aromatic heterocycles. The lowest BCUT2D eigenvalue weighted by atomic mass is 9.92. The van der Waals surface area contributed by atoms with Crippen LogP contribution in [-0.4, -0.2) is 10.9 Å². The fourth-order valence-corrected chi connectivity index (χ4v) is 3.87. The maximum absolute atomic E-state index is 12.9. The van der Waals surface area contributed by atoms with Gasteiger partial charge in [-0.05, 0) is 49.3 Å². The predicted molar refractivity (Wildman–Crippen MR) is 143 cm³/mol. The molecular weight excluding hydrogens is 453 g/mol. The molecule has 1 heterocycles. The molecule has 3 N–H and O–H groups in total. The number of hydrogen-bond donors (Lipinski definition) is 2. The molecular formula is C27H35Cl2N3O. The lowest BCUT2D eigenvalue weighted by Gasteiger charge is -2.21. The second-order valence-electron chi connectivity index (χ2n) is 8.57. The van der Waals surface area contributed by atoms with Crippen molar-refractivity contribution < 1.29 is 4.79 Å². The number of anilines is 1. The Morgan fingerprint density at radius 3 is 2.21 bits per heavy atom. The zero-order chi connectivity index (χ0) is 22.4. The van der Waals surface area contributed by atoms with Crippen molar-refractivity contribution >= 4 is 36.4 Å². The molecule has 3 aromatic rings. The van der Waals surface area contributed by atoms with E-state index in [0.29, 0.717) is 25.3 Å². The van der Waals surface area contributed by atoms with Gasteiger partial charge in [0, 0.05) is 24.2 Å². The maximum Gasteiger partial charge on any atom is 0.224 e. The van der Waals surface area contributed by atoms with Crippen molar-refractivity contribution in [3.8, 4) is 11.1 Å². The molecule has 0 spiro atoms. The molecule has 0 radical (unpaired) electrons. The van der Waals surface area contributed by atoms with Crippen LogP contribution in [-0.2, 0) is 24.2 Å². The molecule has 0 bridgehead atoms. The normalized spacial score (nSPS) is 10.4. The maximum atomic E-state index is 12.9. The van der Waals surface area contributed by atoms with Gasteiger partial charge >= 0.3 is 0 Å². The van der Waals surface area contributed by atoms with Crippen molar-refractivity contribution in [1.29, 1.82) is 0 Å². The van der Waals surface area contributed by atoms with Crippen molar-refractivity contribution in [2.45, 2.75) is 53.5 Å². The molecule has 3 rings (SSSR count). The van der Waals surface area contributed by atoms with E-state index < -0.39 is 0 Å². The van der Waals surface area contributed by atoms with Gasteiger partial charge in [0.25, 0.3) is 0 Å². The monoisotopic (exact) mass is 487 g/mol. The fraction of sp³-hybridized carbons (Fsp3) is 0.333. The first-order chi connectivity index (χ1) is 14.9. The number of carbonyl (C=O) groups excluding carboxylic acids is 1. The third-order valence-corrected chi connectivity index (χ3v) is 5.46. The molecule has 1 amide bonds. The van der Waals surface area contributed by atoms with Crippen molar-refractivity contribution in [3.05, 3.63) is 82.7 Å². The van der Waals surface area contributed by atoms with Gasteiger partial charge in [-0.25, -0.2) is 0 Å². The Balaban J connectivity index is 0.00000272. The van der Waals surface area contributed by atoms with Gasteiger partial charge in [-0.1, -0.05) is 74.0 Å². The van der Waals surface area contributed by atoms with E-state index in [0.717, 1.165) is 45.7 Å². The first-order valence-electron chi connectivity index (χ1n) is 11.0. The molecule has 0 atom stereocenters. The van der Waals surface area contributed by atoms with Crippen molar-refractivity contribution in [2.24, 2.45) is 11.7 Å². The summed E-state index contributed by atoms with van der Waals surface area (Å²) in [4.78, 5) is 17.7. The van der Waals surface area contributed by atoms with Crippen molar-refractivity contribution in [3.63, 3.8) is 0 Å². The molecule has 0 saturated carbocycles. The Kier molecular flexibility index (Phi) is 11.6. The zero-order valence-electron chi connectivity index (χ0n) is 19.9. The van der Waals surface area contributed by atoms with Gasteiger partial charge in [-0.15, -0.1) is 24.8 Å². The average Bonchev–Trinajstić information content (AvgIpc) is 2.75. The largest absolute Gasteiger partial charge is 0.326 e. The highest BCUT2D eigenvalue weighted by atomic mass is 35.5. The number of aryl methyl sites for hydroxylation is 3. The van der Waals surface area contributed by atoms with E-state index in [-0.39, 0.29) is 30.7 Å². The third kappa shape index (κ3) is 7.56. The van der Waals surface area contributed by atoms with Gasteiger partial charge in [-0.2, -0.15) is 0 Å². The third-order valence-electron chi connectivity index (χ3n) is 5.46. The number of rotatable bonds is 8. The summed E-state index contributed by atoms with van der Waals surface area (Å²) >= 11 is 0. The lowest BCUT2D eigenvalue weighted by molar-refractivity contribution is -0.116. The molecule has 0 unspecified atom stereocenters. The van der Waals surface area contributed by atoms with Crippen molar-refractivity contribution in [1.82, 2.24) is 4.98 Å². The first-order valence-corrected chi connectivity index (χ1v) is 11.0. The van der Waals surface area contributed by atoms with E-state index in [1.165, 1.54) is 5.56 Å². The average molecular weight is 489 g/mol.